The lowest BCUT2D eigenvalue weighted by atomic mass is 9.96. The maximum Gasteiger partial charge on any atom is 0.146 e. The molecular weight excluding hydrogens is 239 g/mol. The minimum absolute atomic E-state index is 0.295. The van der Waals surface area contributed by atoms with E-state index in [0.717, 1.165) is 31.1 Å². The van der Waals surface area contributed by atoms with E-state index in [1.807, 2.05) is 6.07 Å². The third-order valence-corrected chi connectivity index (χ3v) is 4.17. The van der Waals surface area contributed by atoms with Gasteiger partial charge in [0.15, 0.2) is 0 Å². The van der Waals surface area contributed by atoms with Crippen molar-refractivity contribution in [3.05, 3.63) is 29.6 Å². The molecule has 0 radical (unpaired) electrons. The van der Waals surface area contributed by atoms with Gasteiger partial charge in [-0.3, -0.25) is 4.90 Å². The lowest BCUT2D eigenvalue weighted by Gasteiger charge is -2.21. The first-order valence-electron chi connectivity index (χ1n) is 7.46. The Bertz CT molecular complexity index is 406. The quantitative estimate of drug-likeness (QED) is 0.838. The molecule has 2 nitrogen and oxygen atoms in total. The number of rotatable bonds is 4. The third-order valence-electron chi connectivity index (χ3n) is 4.17. The lowest BCUT2D eigenvalue weighted by molar-refractivity contribution is 0.271. The van der Waals surface area contributed by atoms with Gasteiger partial charge in [0.2, 0.25) is 0 Å². The lowest BCUT2D eigenvalue weighted by Crippen LogP contribution is -2.25. The highest BCUT2D eigenvalue weighted by molar-refractivity contribution is 5.47. The smallest absolute Gasteiger partial charge is 0.146 e. The molecule has 1 fully saturated rings. The average Bonchev–Trinajstić information content (AvgIpc) is 2.61. The SMILES string of the molecule is CCCC1CCCN(Cc2cccc(F)c2N)CC1. The molecule has 3 heteroatoms. The molecule has 0 aromatic heterocycles. The first kappa shape index (κ1) is 14.3. The van der Waals surface area contributed by atoms with Crippen molar-refractivity contribution in [3.8, 4) is 0 Å². The van der Waals surface area contributed by atoms with Crippen LogP contribution in [0.1, 0.15) is 44.6 Å². The molecule has 1 atom stereocenters. The number of hydrogen-bond donors (Lipinski definition) is 1. The van der Waals surface area contributed by atoms with Gasteiger partial charge < -0.3 is 5.73 Å². The molecule has 1 aromatic carbocycles. The first-order chi connectivity index (χ1) is 9.20. The summed E-state index contributed by atoms with van der Waals surface area (Å²) in [5.74, 6) is 0.580. The van der Waals surface area contributed by atoms with E-state index < -0.39 is 0 Å². The summed E-state index contributed by atoms with van der Waals surface area (Å²) in [5, 5.41) is 0. The number of nitrogen functional groups attached to an aromatic ring is 1. The van der Waals surface area contributed by atoms with Crippen LogP contribution in [0.25, 0.3) is 0 Å². The van der Waals surface area contributed by atoms with Crippen molar-refractivity contribution in [2.24, 2.45) is 5.92 Å². The molecule has 2 rings (SSSR count). The van der Waals surface area contributed by atoms with E-state index in [4.69, 9.17) is 5.73 Å². The zero-order chi connectivity index (χ0) is 13.7. The number of nitrogens with two attached hydrogens (primary N) is 1. The number of hydrogen-bond acceptors (Lipinski definition) is 2. The molecule has 0 bridgehead atoms. The van der Waals surface area contributed by atoms with Gasteiger partial charge in [0.05, 0.1) is 5.69 Å². The summed E-state index contributed by atoms with van der Waals surface area (Å²) in [6, 6.07) is 5.12. The minimum atomic E-state index is -0.295. The molecule has 106 valence electrons. The molecule has 2 N–H and O–H groups in total. The maximum absolute atomic E-state index is 13.4. The summed E-state index contributed by atoms with van der Waals surface area (Å²) in [5.41, 5.74) is 7.05. The largest absolute Gasteiger partial charge is 0.396 e. The Morgan fingerprint density at radius 2 is 2.16 bits per heavy atom. The van der Waals surface area contributed by atoms with Gasteiger partial charge in [-0.25, -0.2) is 4.39 Å². The standard InChI is InChI=1S/C16H25FN2/c1-2-5-13-6-4-10-19(11-9-13)12-14-7-3-8-15(17)16(14)18/h3,7-8,13H,2,4-6,9-12,18H2,1H3. The van der Waals surface area contributed by atoms with Crippen molar-refractivity contribution in [1.82, 2.24) is 4.90 Å². The van der Waals surface area contributed by atoms with Crippen molar-refractivity contribution in [2.45, 2.75) is 45.6 Å². The van der Waals surface area contributed by atoms with Crippen molar-refractivity contribution in [1.29, 1.82) is 0 Å². The van der Waals surface area contributed by atoms with E-state index in [1.54, 1.807) is 6.07 Å². The van der Waals surface area contributed by atoms with Crippen LogP contribution in [0.15, 0.2) is 18.2 Å². The summed E-state index contributed by atoms with van der Waals surface area (Å²) < 4.78 is 13.4. The molecule has 19 heavy (non-hydrogen) atoms. The van der Waals surface area contributed by atoms with Crippen LogP contribution in [0.2, 0.25) is 0 Å². The summed E-state index contributed by atoms with van der Waals surface area (Å²) in [6.07, 6.45) is 6.48. The predicted octanol–water partition coefficient (Wildman–Crippen LogP) is 3.81. The van der Waals surface area contributed by atoms with E-state index in [2.05, 4.69) is 11.8 Å². The third kappa shape index (κ3) is 3.93. The van der Waals surface area contributed by atoms with Crippen LogP contribution < -0.4 is 5.73 Å². The van der Waals surface area contributed by atoms with E-state index in [1.165, 1.54) is 38.2 Å². The zero-order valence-corrected chi connectivity index (χ0v) is 11.9. The summed E-state index contributed by atoms with van der Waals surface area (Å²) in [7, 11) is 0. The van der Waals surface area contributed by atoms with Gasteiger partial charge in [0, 0.05) is 6.54 Å². The molecule has 0 amide bonds. The molecule has 1 aliphatic rings. The minimum Gasteiger partial charge on any atom is -0.396 e. The van der Waals surface area contributed by atoms with Crippen LogP contribution in [0.5, 0.6) is 0 Å². The van der Waals surface area contributed by atoms with E-state index in [9.17, 15) is 4.39 Å². The molecule has 1 aromatic rings. The molecule has 1 saturated heterocycles. The van der Waals surface area contributed by atoms with Gasteiger partial charge in [0.25, 0.3) is 0 Å². The van der Waals surface area contributed by atoms with Crippen LogP contribution >= 0.6 is 0 Å². The van der Waals surface area contributed by atoms with E-state index >= 15 is 0 Å². The van der Waals surface area contributed by atoms with Crippen LogP contribution in [0.4, 0.5) is 10.1 Å². The Balaban J connectivity index is 1.94. The normalized spacial score (nSPS) is 21.3. The molecule has 1 unspecified atom stereocenters. The molecule has 1 heterocycles. The van der Waals surface area contributed by atoms with E-state index in [-0.39, 0.29) is 5.82 Å². The number of halogens is 1. The Kier molecular flexibility index (Phi) is 5.20. The van der Waals surface area contributed by atoms with Gasteiger partial charge >= 0.3 is 0 Å². The van der Waals surface area contributed by atoms with Crippen LogP contribution in [0.3, 0.4) is 0 Å². The predicted molar refractivity (Wildman–Crippen MR) is 78.3 cm³/mol. The molecule has 1 aliphatic heterocycles. The van der Waals surface area contributed by atoms with E-state index in [0.29, 0.717) is 5.69 Å². The number of anilines is 1. The van der Waals surface area contributed by atoms with Crippen LogP contribution in [0, 0.1) is 11.7 Å². The number of para-hydroxylation sites is 1. The number of nitrogens with zero attached hydrogens (tertiary/aromatic N) is 1. The fraction of sp³-hybridized carbons (Fsp3) is 0.625. The first-order valence-corrected chi connectivity index (χ1v) is 7.46. The summed E-state index contributed by atoms with van der Waals surface area (Å²) >= 11 is 0. The molecule has 0 aliphatic carbocycles. The Morgan fingerprint density at radius 3 is 2.95 bits per heavy atom. The van der Waals surface area contributed by atoms with Crippen LogP contribution in [-0.2, 0) is 6.54 Å². The highest BCUT2D eigenvalue weighted by atomic mass is 19.1. The zero-order valence-electron chi connectivity index (χ0n) is 11.9. The summed E-state index contributed by atoms with van der Waals surface area (Å²) in [6.45, 7) is 5.26. The Morgan fingerprint density at radius 1 is 1.32 bits per heavy atom. The molecular formula is C16H25FN2. The van der Waals surface area contributed by atoms with Gasteiger partial charge in [-0.05, 0) is 49.9 Å². The molecule has 0 saturated carbocycles. The number of benzene rings is 1. The van der Waals surface area contributed by atoms with Crippen molar-refractivity contribution < 1.29 is 4.39 Å². The second-order valence-corrected chi connectivity index (χ2v) is 5.67. The number of likely N-dealkylation sites (tertiary alicyclic amines) is 1. The molecule has 0 spiro atoms. The Hall–Kier alpha value is -1.09. The fourth-order valence-corrected chi connectivity index (χ4v) is 3.04. The average molecular weight is 264 g/mol. The Labute approximate surface area is 115 Å². The van der Waals surface area contributed by atoms with Gasteiger partial charge in [-0.1, -0.05) is 31.9 Å². The topological polar surface area (TPSA) is 29.3 Å². The fourth-order valence-electron chi connectivity index (χ4n) is 3.04. The second kappa shape index (κ2) is 6.90. The monoisotopic (exact) mass is 264 g/mol. The second-order valence-electron chi connectivity index (χ2n) is 5.67. The van der Waals surface area contributed by atoms with Crippen molar-refractivity contribution in [2.75, 3.05) is 18.8 Å². The highest BCUT2D eigenvalue weighted by Crippen LogP contribution is 2.24. The maximum atomic E-state index is 13.4. The van der Waals surface area contributed by atoms with Crippen LogP contribution in [-0.4, -0.2) is 18.0 Å². The highest BCUT2D eigenvalue weighted by Gasteiger charge is 2.17. The van der Waals surface area contributed by atoms with Gasteiger partial charge in [-0.15, -0.1) is 0 Å². The summed E-state index contributed by atoms with van der Waals surface area (Å²) in [4.78, 5) is 2.42. The van der Waals surface area contributed by atoms with Crippen molar-refractivity contribution in [3.63, 3.8) is 0 Å². The van der Waals surface area contributed by atoms with Gasteiger partial charge in [-0.2, -0.15) is 0 Å². The van der Waals surface area contributed by atoms with Crippen molar-refractivity contribution >= 4 is 5.69 Å². The van der Waals surface area contributed by atoms with Gasteiger partial charge in [0.1, 0.15) is 5.82 Å².